The molecule has 0 saturated carbocycles. The number of hydrogen-bond acceptors (Lipinski definition) is 5. The number of anilines is 1. The average molecular weight is 584 g/mol. The minimum Gasteiger partial charge on any atom is -0.494 e. The van der Waals surface area contributed by atoms with Gasteiger partial charge in [-0.2, -0.15) is 0 Å². The van der Waals surface area contributed by atoms with Crippen LogP contribution in [0, 0.1) is 5.82 Å². The molecule has 2 fully saturated rings. The first-order valence-corrected chi connectivity index (χ1v) is 14.0. The summed E-state index contributed by atoms with van der Waals surface area (Å²) in [7, 11) is 0. The van der Waals surface area contributed by atoms with Crippen LogP contribution < -0.4 is 10.1 Å². The van der Waals surface area contributed by atoms with Crippen LogP contribution in [0.4, 0.5) is 10.1 Å². The van der Waals surface area contributed by atoms with E-state index in [0.29, 0.717) is 48.1 Å². The predicted octanol–water partition coefficient (Wildman–Crippen LogP) is 5.51. The number of benzene rings is 3. The van der Waals surface area contributed by atoms with Gasteiger partial charge in [-0.15, -0.1) is 0 Å². The highest BCUT2D eigenvalue weighted by Gasteiger charge is 2.69. The SMILES string of the molecule is CCOc1cccc(CN2[C@@H]3CCN(CC(=O)O)[C@@H]3[C@@H](c3cccc(Cl)c3F)[C@@]23C(=O)Nc2cc(Cl)ccc23)c1. The quantitative estimate of drug-likeness (QED) is 0.382. The highest BCUT2D eigenvalue weighted by molar-refractivity contribution is 6.31. The van der Waals surface area contributed by atoms with E-state index in [4.69, 9.17) is 27.9 Å². The largest absolute Gasteiger partial charge is 0.494 e. The summed E-state index contributed by atoms with van der Waals surface area (Å²) in [4.78, 5) is 30.3. The van der Waals surface area contributed by atoms with Gasteiger partial charge >= 0.3 is 5.97 Å². The Morgan fingerprint density at radius 1 is 1.18 bits per heavy atom. The van der Waals surface area contributed by atoms with Crippen molar-refractivity contribution in [2.24, 2.45) is 0 Å². The van der Waals surface area contributed by atoms with Crippen LogP contribution in [-0.4, -0.2) is 58.6 Å². The molecule has 6 rings (SSSR count). The highest BCUT2D eigenvalue weighted by Crippen LogP contribution is 2.61. The van der Waals surface area contributed by atoms with Gasteiger partial charge in [0.15, 0.2) is 0 Å². The number of carboxylic acids is 1. The molecule has 3 aromatic rings. The van der Waals surface area contributed by atoms with Crippen molar-refractivity contribution in [3.63, 3.8) is 0 Å². The Bertz CT molecular complexity index is 1500. The van der Waals surface area contributed by atoms with Crippen LogP contribution in [0.1, 0.15) is 36.0 Å². The molecule has 0 unspecified atom stereocenters. The number of nitrogens with one attached hydrogen (secondary N) is 1. The van der Waals surface area contributed by atoms with Crippen molar-refractivity contribution in [3.05, 3.63) is 93.2 Å². The summed E-state index contributed by atoms with van der Waals surface area (Å²) < 4.78 is 21.7. The van der Waals surface area contributed by atoms with Crippen molar-refractivity contribution in [2.45, 2.75) is 43.4 Å². The van der Waals surface area contributed by atoms with Crippen molar-refractivity contribution >= 4 is 40.8 Å². The van der Waals surface area contributed by atoms with E-state index in [9.17, 15) is 14.7 Å². The first-order chi connectivity index (χ1) is 19.2. The molecule has 0 radical (unpaired) electrons. The first-order valence-electron chi connectivity index (χ1n) is 13.3. The minimum atomic E-state index is -1.35. The number of ether oxygens (including phenoxy) is 1. The van der Waals surface area contributed by atoms with Gasteiger partial charge in [-0.25, -0.2) is 4.39 Å². The van der Waals surface area contributed by atoms with Crippen LogP contribution in [0.15, 0.2) is 60.7 Å². The normalized spacial score (nSPS) is 25.7. The number of aliphatic carboxylic acids is 1. The van der Waals surface area contributed by atoms with E-state index in [-0.39, 0.29) is 29.1 Å². The van der Waals surface area contributed by atoms with Crippen molar-refractivity contribution < 1.29 is 23.8 Å². The number of carbonyl (C=O) groups is 2. The Morgan fingerprint density at radius 2 is 1.98 bits per heavy atom. The third-order valence-corrected chi connectivity index (χ3v) is 8.90. The number of halogens is 3. The van der Waals surface area contributed by atoms with E-state index in [2.05, 4.69) is 10.2 Å². The molecule has 0 aliphatic carbocycles. The van der Waals surface area contributed by atoms with E-state index in [1.54, 1.807) is 24.3 Å². The fourth-order valence-electron chi connectivity index (χ4n) is 7.07. The highest BCUT2D eigenvalue weighted by atomic mass is 35.5. The molecule has 1 spiro atoms. The summed E-state index contributed by atoms with van der Waals surface area (Å²) in [6, 6.07) is 17.0. The molecule has 1 amide bonds. The zero-order valence-corrected chi connectivity index (χ0v) is 23.3. The number of fused-ring (bicyclic) bond motifs is 3. The number of amides is 1. The third-order valence-electron chi connectivity index (χ3n) is 8.38. The molecule has 3 aliphatic rings. The standard InChI is InChI=1S/C30H28Cl2FN3O4/c1-2-40-19-6-3-5-17(13-19)15-36-24-11-12-35(16-25(37)38)28(24)26(20-7-4-8-22(32)27(20)33)30(36)21-10-9-18(31)14-23(21)34-29(30)39/h3-10,13-14,24,26,28H,2,11-12,15-16H2,1H3,(H,34,39)(H,37,38)/t24-,26-,28+,30+/m1/s1. The Hall–Kier alpha value is -3.17. The molecule has 7 nitrogen and oxygen atoms in total. The lowest BCUT2D eigenvalue weighted by Crippen LogP contribution is -2.52. The van der Waals surface area contributed by atoms with Crippen LogP contribution in [-0.2, 0) is 21.7 Å². The lowest BCUT2D eigenvalue weighted by Gasteiger charge is -2.41. The predicted molar refractivity (Wildman–Crippen MR) is 150 cm³/mol. The molecule has 3 heterocycles. The van der Waals surface area contributed by atoms with Crippen molar-refractivity contribution in [1.82, 2.24) is 9.80 Å². The van der Waals surface area contributed by atoms with Crippen LogP contribution >= 0.6 is 23.2 Å². The minimum absolute atomic E-state index is 0.0513. The van der Waals surface area contributed by atoms with Crippen LogP contribution in [0.2, 0.25) is 10.0 Å². The number of carboxylic acid groups (broad SMARTS) is 1. The summed E-state index contributed by atoms with van der Waals surface area (Å²) in [5.74, 6) is -1.93. The van der Waals surface area contributed by atoms with Gasteiger partial charge in [-0.1, -0.05) is 53.5 Å². The molecule has 2 N–H and O–H groups in total. The molecule has 40 heavy (non-hydrogen) atoms. The molecule has 2 saturated heterocycles. The molecule has 0 bridgehead atoms. The summed E-state index contributed by atoms with van der Waals surface area (Å²) in [5, 5.41) is 13.2. The zero-order chi connectivity index (χ0) is 28.2. The maximum atomic E-state index is 15.9. The zero-order valence-electron chi connectivity index (χ0n) is 21.7. The second kappa shape index (κ2) is 10.3. The van der Waals surface area contributed by atoms with Crippen molar-refractivity contribution in [1.29, 1.82) is 0 Å². The van der Waals surface area contributed by atoms with Crippen molar-refractivity contribution in [2.75, 3.05) is 25.0 Å². The molecule has 3 aliphatic heterocycles. The van der Waals surface area contributed by atoms with Gasteiger partial charge in [0, 0.05) is 47.4 Å². The lowest BCUT2D eigenvalue weighted by molar-refractivity contribution is -0.138. The van der Waals surface area contributed by atoms with E-state index in [1.165, 1.54) is 6.07 Å². The summed E-state index contributed by atoms with van der Waals surface area (Å²) in [6.07, 6.45) is 0.611. The maximum Gasteiger partial charge on any atom is 0.317 e. The van der Waals surface area contributed by atoms with Gasteiger partial charge < -0.3 is 15.2 Å². The molecule has 10 heteroatoms. The summed E-state index contributed by atoms with van der Waals surface area (Å²) in [5.41, 5.74) is 1.09. The van der Waals surface area contributed by atoms with E-state index in [1.807, 2.05) is 42.2 Å². The fraction of sp³-hybridized carbons (Fsp3) is 0.333. The lowest BCUT2D eigenvalue weighted by atomic mass is 9.73. The number of likely N-dealkylation sites (tertiary alicyclic amines) is 2. The maximum absolute atomic E-state index is 15.9. The second-order valence-electron chi connectivity index (χ2n) is 10.5. The van der Waals surface area contributed by atoms with Crippen molar-refractivity contribution in [3.8, 4) is 5.75 Å². The van der Waals surface area contributed by atoms with E-state index < -0.39 is 29.3 Å². The third kappa shape index (κ3) is 4.16. The van der Waals surface area contributed by atoms with Crippen LogP contribution in [0.3, 0.4) is 0 Å². The van der Waals surface area contributed by atoms with Gasteiger partial charge in [0.05, 0.1) is 18.2 Å². The fourth-order valence-corrected chi connectivity index (χ4v) is 7.43. The monoisotopic (exact) mass is 583 g/mol. The Labute approximate surface area is 241 Å². The molecule has 208 valence electrons. The smallest absolute Gasteiger partial charge is 0.317 e. The molecular weight excluding hydrogens is 556 g/mol. The van der Waals surface area contributed by atoms with Crippen LogP contribution in [0.5, 0.6) is 5.75 Å². The molecule has 0 aromatic heterocycles. The number of carbonyl (C=O) groups excluding carboxylic acids is 1. The van der Waals surface area contributed by atoms with Gasteiger partial charge in [0.1, 0.15) is 17.1 Å². The average Bonchev–Trinajstić information content (AvgIpc) is 3.52. The van der Waals surface area contributed by atoms with Gasteiger partial charge in [-0.05, 0) is 54.8 Å². The second-order valence-corrected chi connectivity index (χ2v) is 11.3. The van der Waals surface area contributed by atoms with Gasteiger partial charge in [0.25, 0.3) is 0 Å². The topological polar surface area (TPSA) is 82.1 Å². The molecule has 3 aromatic carbocycles. The van der Waals surface area contributed by atoms with Gasteiger partial charge in [0.2, 0.25) is 5.91 Å². The Balaban J connectivity index is 1.60. The first kappa shape index (κ1) is 27.0. The molecule has 4 atom stereocenters. The molecular formula is C30H28Cl2FN3O4. The number of nitrogens with zero attached hydrogens (tertiary/aromatic N) is 2. The Kier molecular flexibility index (Phi) is 6.99. The van der Waals surface area contributed by atoms with Crippen LogP contribution in [0.25, 0.3) is 0 Å². The van der Waals surface area contributed by atoms with E-state index in [0.717, 1.165) is 5.56 Å². The summed E-state index contributed by atoms with van der Waals surface area (Å²) in [6.45, 7) is 3.06. The Morgan fingerprint density at radius 3 is 2.75 bits per heavy atom. The summed E-state index contributed by atoms with van der Waals surface area (Å²) >= 11 is 12.6. The number of rotatable bonds is 7. The number of hydrogen-bond donors (Lipinski definition) is 2. The van der Waals surface area contributed by atoms with Gasteiger partial charge in [-0.3, -0.25) is 19.4 Å². The van der Waals surface area contributed by atoms with E-state index >= 15 is 4.39 Å².